The molecule has 2 heterocycles. The molecule has 0 unspecified atom stereocenters. The molecule has 0 bridgehead atoms. The van der Waals surface area contributed by atoms with Gasteiger partial charge < -0.3 is 9.47 Å². The third-order valence-corrected chi connectivity index (χ3v) is 4.43. The van der Waals surface area contributed by atoms with E-state index in [1.165, 1.54) is 17.7 Å². The Kier molecular flexibility index (Phi) is 4.15. The second-order valence-electron chi connectivity index (χ2n) is 7.23. The number of fused-ring (bicyclic) bond motifs is 1. The van der Waals surface area contributed by atoms with Crippen molar-refractivity contribution in [2.75, 3.05) is 0 Å². The maximum Gasteiger partial charge on any atom is 0.157 e. The van der Waals surface area contributed by atoms with Gasteiger partial charge in [0.15, 0.2) is 5.75 Å². The van der Waals surface area contributed by atoms with E-state index in [-0.39, 0.29) is 11.4 Å². The van der Waals surface area contributed by atoms with Crippen molar-refractivity contribution in [3.05, 3.63) is 77.4 Å². The Morgan fingerprint density at radius 1 is 1.19 bits per heavy atom. The minimum absolute atomic E-state index is 0.168. The molecule has 26 heavy (non-hydrogen) atoms. The fraction of sp³-hybridized carbons (Fsp3) is 0.286. The van der Waals surface area contributed by atoms with Gasteiger partial charge >= 0.3 is 0 Å². The number of aromatic nitrogens is 2. The quantitative estimate of drug-likeness (QED) is 0.684. The van der Waals surface area contributed by atoms with Crippen molar-refractivity contribution in [1.82, 2.24) is 9.78 Å². The van der Waals surface area contributed by atoms with Crippen LogP contribution in [0.5, 0.6) is 11.5 Å². The first-order valence-electron chi connectivity index (χ1n) is 8.68. The van der Waals surface area contributed by atoms with Crippen molar-refractivity contribution in [2.45, 2.75) is 39.0 Å². The van der Waals surface area contributed by atoms with Gasteiger partial charge in [0.05, 0.1) is 18.9 Å². The fourth-order valence-corrected chi connectivity index (χ4v) is 3.24. The summed E-state index contributed by atoms with van der Waals surface area (Å²) in [7, 11) is 0. The molecule has 0 fully saturated rings. The van der Waals surface area contributed by atoms with Gasteiger partial charge in [-0.2, -0.15) is 5.10 Å². The molecule has 1 aliphatic heterocycles. The number of hydrogen-bond donors (Lipinski definition) is 0. The molecule has 0 aliphatic carbocycles. The van der Waals surface area contributed by atoms with Crippen molar-refractivity contribution in [2.24, 2.45) is 0 Å². The topological polar surface area (TPSA) is 36.3 Å². The number of hydrogen-bond acceptors (Lipinski definition) is 3. The van der Waals surface area contributed by atoms with Gasteiger partial charge in [-0.25, -0.2) is 4.39 Å². The molecule has 134 valence electrons. The number of rotatable bonds is 5. The minimum Gasteiger partial charge on any atom is -0.487 e. The predicted molar refractivity (Wildman–Crippen MR) is 96.9 cm³/mol. The molecule has 0 atom stereocenters. The van der Waals surface area contributed by atoms with Gasteiger partial charge in [-0.1, -0.05) is 30.3 Å². The lowest BCUT2D eigenvalue weighted by atomic mass is 10.0. The first-order valence-corrected chi connectivity index (χ1v) is 8.68. The van der Waals surface area contributed by atoms with Crippen molar-refractivity contribution < 1.29 is 13.9 Å². The number of benzene rings is 2. The van der Waals surface area contributed by atoms with Gasteiger partial charge in [0.25, 0.3) is 0 Å². The van der Waals surface area contributed by atoms with Crippen LogP contribution in [0.4, 0.5) is 4.39 Å². The molecule has 0 spiro atoms. The SMILES string of the molecule is CC1(C)Cc2cccc(COc3cnn(Cc4ccc(F)cc4)c3)c2O1. The third kappa shape index (κ3) is 3.57. The number of ether oxygens (including phenoxy) is 2. The van der Waals surface area contributed by atoms with E-state index in [0.717, 1.165) is 23.3 Å². The lowest BCUT2D eigenvalue weighted by Crippen LogP contribution is -2.24. The summed E-state index contributed by atoms with van der Waals surface area (Å²) < 4.78 is 26.7. The van der Waals surface area contributed by atoms with Crippen molar-refractivity contribution in [3.8, 4) is 11.5 Å². The maximum atomic E-state index is 13.0. The number of para-hydroxylation sites is 1. The van der Waals surface area contributed by atoms with Gasteiger partial charge in [-0.3, -0.25) is 4.68 Å². The molecule has 0 saturated heterocycles. The van der Waals surface area contributed by atoms with Crippen LogP contribution in [0.2, 0.25) is 0 Å². The Morgan fingerprint density at radius 3 is 2.81 bits per heavy atom. The molecule has 4 nitrogen and oxygen atoms in total. The summed E-state index contributed by atoms with van der Waals surface area (Å²) in [6, 6.07) is 12.6. The Balaban J connectivity index is 1.42. The van der Waals surface area contributed by atoms with E-state index in [1.54, 1.807) is 23.0 Å². The van der Waals surface area contributed by atoms with Gasteiger partial charge in [0.2, 0.25) is 0 Å². The average molecular weight is 352 g/mol. The maximum absolute atomic E-state index is 13.0. The zero-order valence-electron chi connectivity index (χ0n) is 14.9. The minimum atomic E-state index is -0.237. The Labute approximate surface area is 152 Å². The summed E-state index contributed by atoms with van der Waals surface area (Å²) in [6.45, 7) is 5.19. The summed E-state index contributed by atoms with van der Waals surface area (Å²) in [5.74, 6) is 1.40. The Hall–Kier alpha value is -2.82. The highest BCUT2D eigenvalue weighted by molar-refractivity contribution is 5.45. The average Bonchev–Trinajstić information content (AvgIpc) is 3.17. The standard InChI is InChI=1S/C21H21FN2O2/c1-21(2)10-16-4-3-5-17(20(16)26-21)14-25-19-11-23-24(13-19)12-15-6-8-18(22)9-7-15/h3-9,11,13H,10,12,14H2,1-2H3. The van der Waals surface area contributed by atoms with E-state index >= 15 is 0 Å². The first-order chi connectivity index (χ1) is 12.5. The molecule has 0 N–H and O–H groups in total. The Bertz CT molecular complexity index is 916. The molecule has 3 aromatic rings. The largest absolute Gasteiger partial charge is 0.487 e. The highest BCUT2D eigenvalue weighted by Gasteiger charge is 2.31. The monoisotopic (exact) mass is 352 g/mol. The number of nitrogens with zero attached hydrogens (tertiary/aromatic N) is 2. The van der Waals surface area contributed by atoms with E-state index in [1.807, 2.05) is 18.3 Å². The first kappa shape index (κ1) is 16.6. The highest BCUT2D eigenvalue weighted by atomic mass is 19.1. The van der Waals surface area contributed by atoms with Crippen LogP contribution in [-0.2, 0) is 19.6 Å². The molecule has 0 amide bonds. The van der Waals surface area contributed by atoms with Crippen molar-refractivity contribution in [1.29, 1.82) is 0 Å². The van der Waals surface area contributed by atoms with Crippen LogP contribution < -0.4 is 9.47 Å². The zero-order chi connectivity index (χ0) is 18.1. The summed E-state index contributed by atoms with van der Waals surface area (Å²) in [4.78, 5) is 0. The molecule has 5 heteroatoms. The second kappa shape index (κ2) is 6.48. The highest BCUT2D eigenvalue weighted by Crippen LogP contribution is 2.37. The van der Waals surface area contributed by atoms with Crippen LogP contribution in [0.1, 0.15) is 30.5 Å². The molecular weight excluding hydrogens is 331 g/mol. The molecular formula is C21H21FN2O2. The summed E-state index contributed by atoms with van der Waals surface area (Å²) in [5, 5.41) is 4.31. The normalized spacial score (nSPS) is 14.7. The van der Waals surface area contributed by atoms with Gasteiger partial charge in [-0.05, 0) is 37.1 Å². The van der Waals surface area contributed by atoms with E-state index in [9.17, 15) is 4.39 Å². The molecule has 2 aromatic carbocycles. The van der Waals surface area contributed by atoms with Crippen LogP contribution in [0.15, 0.2) is 54.9 Å². The van der Waals surface area contributed by atoms with E-state index in [2.05, 4.69) is 25.0 Å². The van der Waals surface area contributed by atoms with Crippen LogP contribution in [-0.4, -0.2) is 15.4 Å². The lowest BCUT2D eigenvalue weighted by molar-refractivity contribution is 0.135. The smallest absolute Gasteiger partial charge is 0.157 e. The van der Waals surface area contributed by atoms with Crippen molar-refractivity contribution >= 4 is 0 Å². The van der Waals surface area contributed by atoms with Crippen LogP contribution >= 0.6 is 0 Å². The van der Waals surface area contributed by atoms with Gasteiger partial charge in [0.1, 0.15) is 23.8 Å². The summed E-state index contributed by atoms with van der Waals surface area (Å²) >= 11 is 0. The molecule has 0 radical (unpaired) electrons. The second-order valence-corrected chi connectivity index (χ2v) is 7.23. The summed E-state index contributed by atoms with van der Waals surface area (Å²) in [5.41, 5.74) is 3.08. The third-order valence-electron chi connectivity index (χ3n) is 4.43. The van der Waals surface area contributed by atoms with Crippen LogP contribution in [0.3, 0.4) is 0 Å². The summed E-state index contributed by atoms with van der Waals surface area (Å²) in [6.07, 6.45) is 4.45. The van der Waals surface area contributed by atoms with Gasteiger partial charge in [0, 0.05) is 12.0 Å². The number of halogens is 1. The lowest BCUT2D eigenvalue weighted by Gasteiger charge is -2.18. The van der Waals surface area contributed by atoms with E-state index < -0.39 is 0 Å². The molecule has 0 saturated carbocycles. The fourth-order valence-electron chi connectivity index (χ4n) is 3.24. The molecule has 4 rings (SSSR count). The predicted octanol–water partition coefficient (Wildman–Crippen LogP) is 4.36. The molecule has 1 aliphatic rings. The van der Waals surface area contributed by atoms with Crippen LogP contribution in [0, 0.1) is 5.82 Å². The van der Waals surface area contributed by atoms with E-state index in [0.29, 0.717) is 18.9 Å². The van der Waals surface area contributed by atoms with Crippen LogP contribution in [0.25, 0.3) is 0 Å². The Morgan fingerprint density at radius 2 is 2.00 bits per heavy atom. The zero-order valence-corrected chi connectivity index (χ0v) is 14.9. The van der Waals surface area contributed by atoms with E-state index in [4.69, 9.17) is 9.47 Å². The molecule has 1 aromatic heterocycles. The van der Waals surface area contributed by atoms with Crippen molar-refractivity contribution in [3.63, 3.8) is 0 Å². The van der Waals surface area contributed by atoms with Gasteiger partial charge in [-0.15, -0.1) is 0 Å².